The largest absolute Gasteiger partial charge is 0.469 e. The second kappa shape index (κ2) is 8.54. The van der Waals surface area contributed by atoms with Gasteiger partial charge in [0.1, 0.15) is 6.61 Å². The van der Waals surface area contributed by atoms with Crippen molar-refractivity contribution in [3.63, 3.8) is 0 Å². The first kappa shape index (κ1) is 16.4. The topological polar surface area (TPSA) is 79.6 Å². The molecule has 0 N–H and O–H groups in total. The minimum absolute atomic E-state index is 0.0317. The summed E-state index contributed by atoms with van der Waals surface area (Å²) in [4.78, 5) is 24.6. The molecule has 0 aromatic rings. The number of likely N-dealkylation sites (N-methyl/N-ethyl adjacent to an activating group) is 1. The molecule has 20 heavy (non-hydrogen) atoms. The molecule has 0 aliphatic heterocycles. The number of nitrogens with zero attached hydrogens (tertiary/aromatic N) is 2. The molecule has 0 heterocycles. The monoisotopic (exact) mass is 282 g/mol. The summed E-state index contributed by atoms with van der Waals surface area (Å²) in [5.74, 6) is -0.306. The average Bonchev–Trinajstić information content (AvgIpc) is 2.49. The Hall–Kier alpha value is -1.61. The first-order valence-electron chi connectivity index (χ1n) is 6.88. The molecule has 1 aliphatic carbocycles. The van der Waals surface area contributed by atoms with Crippen LogP contribution < -0.4 is 0 Å². The lowest BCUT2D eigenvalue weighted by Gasteiger charge is -2.27. The lowest BCUT2D eigenvalue weighted by Crippen LogP contribution is -2.34. The van der Waals surface area contributed by atoms with E-state index in [9.17, 15) is 9.59 Å². The molecule has 1 fully saturated rings. The van der Waals surface area contributed by atoms with Crippen molar-refractivity contribution in [3.05, 3.63) is 0 Å². The fraction of sp³-hybridized carbons (Fsp3) is 0.786. The van der Waals surface area contributed by atoms with E-state index in [-0.39, 0.29) is 30.5 Å². The summed E-state index contributed by atoms with van der Waals surface area (Å²) in [5.41, 5.74) is 0. The molecule has 0 spiro atoms. The molecule has 0 saturated heterocycles. The van der Waals surface area contributed by atoms with Gasteiger partial charge in [-0.15, -0.1) is 0 Å². The molecule has 0 bridgehead atoms. The Morgan fingerprint density at radius 1 is 1.30 bits per heavy atom. The lowest BCUT2D eigenvalue weighted by molar-refractivity contribution is -0.148. The van der Waals surface area contributed by atoms with Gasteiger partial charge in [-0.2, -0.15) is 5.26 Å². The average molecular weight is 282 g/mol. The molecule has 6 nitrogen and oxygen atoms in total. The van der Waals surface area contributed by atoms with Crippen molar-refractivity contribution in [1.29, 1.82) is 5.26 Å². The van der Waals surface area contributed by atoms with E-state index < -0.39 is 0 Å². The summed E-state index contributed by atoms with van der Waals surface area (Å²) in [5, 5.41) is 8.46. The number of ether oxygens (including phenoxy) is 2. The summed E-state index contributed by atoms with van der Waals surface area (Å²) in [6.07, 6.45) is 3.39. The minimum Gasteiger partial charge on any atom is -0.469 e. The standard InChI is InChI=1S/C14H22N2O4/c1-16(9-3-8-15)13(17)10-20-12-6-4-11(5-7-12)14(18)19-2/h11-12H,3-7,9-10H2,1-2H3. The first-order valence-corrected chi connectivity index (χ1v) is 6.88. The van der Waals surface area contributed by atoms with Gasteiger partial charge in [-0.25, -0.2) is 0 Å². The van der Waals surface area contributed by atoms with E-state index in [1.807, 2.05) is 6.07 Å². The third-order valence-electron chi connectivity index (χ3n) is 3.64. The predicted octanol–water partition coefficient (Wildman–Crippen LogP) is 1.11. The van der Waals surface area contributed by atoms with Gasteiger partial charge in [0.2, 0.25) is 5.91 Å². The minimum atomic E-state index is -0.157. The van der Waals surface area contributed by atoms with Gasteiger partial charge in [0.25, 0.3) is 0 Å². The van der Waals surface area contributed by atoms with Crippen molar-refractivity contribution in [3.8, 4) is 6.07 Å². The van der Waals surface area contributed by atoms with E-state index in [0.29, 0.717) is 13.0 Å². The summed E-state index contributed by atoms with van der Waals surface area (Å²) in [7, 11) is 3.07. The molecule has 0 atom stereocenters. The van der Waals surface area contributed by atoms with Crippen LogP contribution in [0.4, 0.5) is 0 Å². The molecule has 1 amide bonds. The summed E-state index contributed by atoms with van der Waals surface area (Å²) >= 11 is 0. The molecular formula is C14H22N2O4. The van der Waals surface area contributed by atoms with Crippen molar-refractivity contribution in [2.75, 3.05) is 27.3 Å². The fourth-order valence-electron chi connectivity index (χ4n) is 2.27. The SMILES string of the molecule is COC(=O)C1CCC(OCC(=O)N(C)CCC#N)CC1. The maximum atomic E-state index is 11.7. The number of rotatable bonds is 6. The van der Waals surface area contributed by atoms with Crippen LogP contribution in [0.5, 0.6) is 0 Å². The highest BCUT2D eigenvalue weighted by atomic mass is 16.5. The van der Waals surface area contributed by atoms with Crippen LogP contribution in [0.25, 0.3) is 0 Å². The Kier molecular flexibility index (Phi) is 7.02. The maximum Gasteiger partial charge on any atom is 0.308 e. The van der Waals surface area contributed by atoms with Crippen LogP contribution in [0.3, 0.4) is 0 Å². The van der Waals surface area contributed by atoms with E-state index in [2.05, 4.69) is 0 Å². The Morgan fingerprint density at radius 3 is 2.50 bits per heavy atom. The van der Waals surface area contributed by atoms with Crippen LogP contribution in [0.15, 0.2) is 0 Å². The van der Waals surface area contributed by atoms with E-state index in [0.717, 1.165) is 25.7 Å². The summed E-state index contributed by atoms with van der Waals surface area (Å²) < 4.78 is 10.3. The third kappa shape index (κ3) is 5.17. The molecule has 0 radical (unpaired) electrons. The number of nitriles is 1. The maximum absolute atomic E-state index is 11.7. The number of hydrogen-bond donors (Lipinski definition) is 0. The number of carbonyl (C=O) groups is 2. The molecule has 6 heteroatoms. The highest BCUT2D eigenvalue weighted by Crippen LogP contribution is 2.27. The number of amides is 1. The van der Waals surface area contributed by atoms with Gasteiger partial charge >= 0.3 is 5.97 Å². The molecular weight excluding hydrogens is 260 g/mol. The lowest BCUT2D eigenvalue weighted by atomic mass is 9.87. The molecule has 0 aromatic heterocycles. The molecule has 0 unspecified atom stereocenters. The second-order valence-electron chi connectivity index (χ2n) is 5.03. The van der Waals surface area contributed by atoms with E-state index in [1.54, 1.807) is 7.05 Å². The highest BCUT2D eigenvalue weighted by molar-refractivity contribution is 5.77. The van der Waals surface area contributed by atoms with Crippen LogP contribution in [-0.4, -0.2) is 50.2 Å². The van der Waals surface area contributed by atoms with Crippen molar-refractivity contribution in [1.82, 2.24) is 4.90 Å². The van der Waals surface area contributed by atoms with Crippen LogP contribution in [0.1, 0.15) is 32.1 Å². The molecule has 1 saturated carbocycles. The van der Waals surface area contributed by atoms with Gasteiger partial charge in [-0.05, 0) is 25.7 Å². The Bertz CT molecular complexity index is 370. The Labute approximate surface area is 119 Å². The normalized spacial score (nSPS) is 21.9. The van der Waals surface area contributed by atoms with Crippen molar-refractivity contribution in [2.24, 2.45) is 5.92 Å². The number of hydrogen-bond acceptors (Lipinski definition) is 5. The van der Waals surface area contributed by atoms with Crippen LogP contribution in [-0.2, 0) is 19.1 Å². The van der Waals surface area contributed by atoms with Gasteiger partial charge in [0.05, 0.1) is 31.6 Å². The van der Waals surface area contributed by atoms with Crippen LogP contribution >= 0.6 is 0 Å². The van der Waals surface area contributed by atoms with Gasteiger partial charge in [0.15, 0.2) is 0 Å². The molecule has 1 rings (SSSR count). The van der Waals surface area contributed by atoms with Gasteiger partial charge in [-0.3, -0.25) is 9.59 Å². The summed E-state index contributed by atoms with van der Waals surface area (Å²) in [6, 6.07) is 2.00. The Morgan fingerprint density at radius 2 is 1.95 bits per heavy atom. The van der Waals surface area contributed by atoms with E-state index >= 15 is 0 Å². The van der Waals surface area contributed by atoms with Gasteiger partial charge < -0.3 is 14.4 Å². The molecule has 112 valence electrons. The van der Waals surface area contributed by atoms with Crippen LogP contribution in [0.2, 0.25) is 0 Å². The number of methoxy groups -OCH3 is 1. The van der Waals surface area contributed by atoms with E-state index in [4.69, 9.17) is 14.7 Å². The molecule has 1 aliphatic rings. The quantitative estimate of drug-likeness (QED) is 0.682. The zero-order chi connectivity index (χ0) is 15.0. The number of esters is 1. The second-order valence-corrected chi connectivity index (χ2v) is 5.03. The smallest absolute Gasteiger partial charge is 0.308 e. The van der Waals surface area contributed by atoms with Gasteiger partial charge in [-0.1, -0.05) is 0 Å². The van der Waals surface area contributed by atoms with Crippen molar-refractivity contribution in [2.45, 2.75) is 38.2 Å². The zero-order valence-corrected chi connectivity index (χ0v) is 12.1. The first-order chi connectivity index (χ1) is 9.58. The van der Waals surface area contributed by atoms with Crippen molar-refractivity contribution >= 4 is 11.9 Å². The summed E-state index contributed by atoms with van der Waals surface area (Å²) in [6.45, 7) is 0.462. The highest BCUT2D eigenvalue weighted by Gasteiger charge is 2.27. The fourth-order valence-corrected chi connectivity index (χ4v) is 2.27. The van der Waals surface area contributed by atoms with Crippen molar-refractivity contribution < 1.29 is 19.1 Å². The van der Waals surface area contributed by atoms with E-state index in [1.165, 1.54) is 12.0 Å². The number of carbonyl (C=O) groups excluding carboxylic acids is 2. The molecule has 0 aromatic carbocycles. The zero-order valence-electron chi connectivity index (χ0n) is 12.1. The third-order valence-corrected chi connectivity index (χ3v) is 3.64. The van der Waals surface area contributed by atoms with Crippen LogP contribution in [0, 0.1) is 17.2 Å². The van der Waals surface area contributed by atoms with Gasteiger partial charge in [0, 0.05) is 13.6 Å². The predicted molar refractivity (Wildman–Crippen MR) is 71.6 cm³/mol. The Balaban J connectivity index is 2.22.